The molecule has 0 heterocycles. The number of hydrogen-bond donors (Lipinski definition) is 2. The van der Waals surface area contributed by atoms with Crippen molar-refractivity contribution >= 4 is 11.9 Å². The lowest BCUT2D eigenvalue weighted by Gasteiger charge is -2.28. The lowest BCUT2D eigenvalue weighted by Crippen LogP contribution is -2.43. The van der Waals surface area contributed by atoms with Crippen molar-refractivity contribution < 1.29 is 14.7 Å². The van der Waals surface area contributed by atoms with Gasteiger partial charge in [-0.15, -0.1) is 0 Å². The molecule has 1 amide bonds. The fourth-order valence-electron chi connectivity index (χ4n) is 3.02. The molecule has 0 unspecified atom stereocenters. The Morgan fingerprint density at radius 3 is 2.60 bits per heavy atom. The first kappa shape index (κ1) is 14.6. The van der Waals surface area contributed by atoms with E-state index in [1.54, 1.807) is 0 Å². The van der Waals surface area contributed by atoms with Gasteiger partial charge >= 0.3 is 5.97 Å². The van der Waals surface area contributed by atoms with Crippen molar-refractivity contribution in [2.75, 3.05) is 6.54 Å². The molecule has 0 saturated heterocycles. The third-order valence-electron chi connectivity index (χ3n) is 4.09. The number of aliphatic carboxylic acids is 1. The molecule has 2 rings (SSSR count). The largest absolute Gasteiger partial charge is 0.481 e. The van der Waals surface area contributed by atoms with Crippen molar-refractivity contribution in [3.63, 3.8) is 0 Å². The molecule has 1 aliphatic carbocycles. The molecule has 4 heteroatoms. The number of rotatable bonds is 5. The summed E-state index contributed by atoms with van der Waals surface area (Å²) >= 11 is 0. The van der Waals surface area contributed by atoms with Gasteiger partial charge in [0.05, 0.1) is 11.8 Å². The van der Waals surface area contributed by atoms with Gasteiger partial charge in [-0.05, 0) is 25.3 Å². The highest BCUT2D eigenvalue weighted by Gasteiger charge is 2.42. The minimum absolute atomic E-state index is 0.0261. The first-order valence-electron chi connectivity index (χ1n) is 7.12. The van der Waals surface area contributed by atoms with Gasteiger partial charge in [-0.1, -0.05) is 42.7 Å². The standard InChI is InChI=1S/C16H21NO3/c1-12-5-4-6-13(11-12)16(8-2-3-9-16)15(20)17-10-7-14(18)19/h4-6,11H,2-3,7-10H2,1H3,(H,17,20)(H,18,19). The highest BCUT2D eigenvalue weighted by atomic mass is 16.4. The Kier molecular flexibility index (Phi) is 4.42. The third-order valence-corrected chi connectivity index (χ3v) is 4.09. The van der Waals surface area contributed by atoms with Crippen molar-refractivity contribution in [2.24, 2.45) is 0 Å². The van der Waals surface area contributed by atoms with Crippen LogP contribution >= 0.6 is 0 Å². The molecule has 108 valence electrons. The average molecular weight is 275 g/mol. The molecule has 0 atom stereocenters. The van der Waals surface area contributed by atoms with Crippen LogP contribution in [0.15, 0.2) is 24.3 Å². The summed E-state index contributed by atoms with van der Waals surface area (Å²) in [6.07, 6.45) is 3.74. The molecule has 0 aromatic heterocycles. The van der Waals surface area contributed by atoms with Crippen LogP contribution in [0.3, 0.4) is 0 Å². The lowest BCUT2D eigenvalue weighted by atomic mass is 9.77. The van der Waals surface area contributed by atoms with Crippen molar-refractivity contribution in [1.82, 2.24) is 5.32 Å². The molecule has 4 nitrogen and oxygen atoms in total. The quantitative estimate of drug-likeness (QED) is 0.867. The highest BCUT2D eigenvalue weighted by molar-refractivity contribution is 5.88. The first-order chi connectivity index (χ1) is 9.54. The van der Waals surface area contributed by atoms with Crippen molar-refractivity contribution in [1.29, 1.82) is 0 Å². The number of hydrogen-bond acceptors (Lipinski definition) is 2. The summed E-state index contributed by atoms with van der Waals surface area (Å²) < 4.78 is 0. The van der Waals surface area contributed by atoms with Crippen LogP contribution in [0.25, 0.3) is 0 Å². The Labute approximate surface area is 119 Å². The van der Waals surface area contributed by atoms with Crippen LogP contribution in [0.2, 0.25) is 0 Å². The van der Waals surface area contributed by atoms with Gasteiger partial charge in [-0.3, -0.25) is 9.59 Å². The van der Waals surface area contributed by atoms with Crippen LogP contribution in [0, 0.1) is 6.92 Å². The van der Waals surface area contributed by atoms with E-state index in [0.29, 0.717) is 0 Å². The second kappa shape index (κ2) is 6.07. The zero-order valence-corrected chi connectivity index (χ0v) is 11.8. The fraction of sp³-hybridized carbons (Fsp3) is 0.500. The van der Waals surface area contributed by atoms with Gasteiger partial charge in [-0.25, -0.2) is 0 Å². The predicted molar refractivity (Wildman–Crippen MR) is 76.6 cm³/mol. The van der Waals surface area contributed by atoms with Gasteiger partial charge in [0.15, 0.2) is 0 Å². The molecule has 0 aliphatic heterocycles. The zero-order chi connectivity index (χ0) is 14.6. The number of carbonyl (C=O) groups excluding carboxylic acids is 1. The summed E-state index contributed by atoms with van der Waals surface area (Å²) in [6.45, 7) is 2.22. The number of benzene rings is 1. The summed E-state index contributed by atoms with van der Waals surface area (Å²) in [5, 5.41) is 11.5. The van der Waals surface area contributed by atoms with E-state index < -0.39 is 11.4 Å². The second-order valence-corrected chi connectivity index (χ2v) is 5.56. The van der Waals surface area contributed by atoms with E-state index in [9.17, 15) is 9.59 Å². The zero-order valence-electron chi connectivity index (χ0n) is 11.8. The number of carboxylic acids is 1. The summed E-state index contributed by atoms with van der Waals surface area (Å²) in [5.41, 5.74) is 1.74. The third kappa shape index (κ3) is 3.00. The van der Waals surface area contributed by atoms with Gasteiger partial charge in [0, 0.05) is 6.54 Å². The molecule has 1 aromatic rings. The van der Waals surface area contributed by atoms with Crippen LogP contribution < -0.4 is 5.32 Å². The maximum Gasteiger partial charge on any atom is 0.305 e. The van der Waals surface area contributed by atoms with Gasteiger partial charge in [0.2, 0.25) is 5.91 Å². The van der Waals surface area contributed by atoms with Gasteiger partial charge in [0.25, 0.3) is 0 Å². The predicted octanol–water partition coefficient (Wildman–Crippen LogP) is 2.40. The maximum absolute atomic E-state index is 12.6. The van der Waals surface area contributed by atoms with Gasteiger partial charge in [-0.2, -0.15) is 0 Å². The fourth-order valence-corrected chi connectivity index (χ4v) is 3.02. The molecular weight excluding hydrogens is 254 g/mol. The van der Waals surface area contributed by atoms with Gasteiger partial charge in [0.1, 0.15) is 0 Å². The summed E-state index contributed by atoms with van der Waals surface area (Å²) in [5.74, 6) is -0.914. The van der Waals surface area contributed by atoms with E-state index in [2.05, 4.69) is 11.4 Å². The Hall–Kier alpha value is -1.84. The Balaban J connectivity index is 2.17. The minimum Gasteiger partial charge on any atom is -0.481 e. The second-order valence-electron chi connectivity index (χ2n) is 5.56. The molecule has 20 heavy (non-hydrogen) atoms. The molecular formula is C16H21NO3. The summed E-state index contributed by atoms with van der Waals surface area (Å²) in [4.78, 5) is 23.1. The lowest BCUT2D eigenvalue weighted by molar-refractivity contribution is -0.137. The molecule has 0 spiro atoms. The summed E-state index contributed by atoms with van der Waals surface area (Å²) in [7, 11) is 0. The average Bonchev–Trinajstić information content (AvgIpc) is 2.88. The maximum atomic E-state index is 12.6. The van der Waals surface area contributed by atoms with E-state index in [0.717, 1.165) is 36.8 Å². The van der Waals surface area contributed by atoms with Crippen molar-refractivity contribution in [3.05, 3.63) is 35.4 Å². The number of aryl methyl sites for hydroxylation is 1. The van der Waals surface area contributed by atoms with Crippen LogP contribution in [0.5, 0.6) is 0 Å². The van der Waals surface area contributed by atoms with E-state index in [1.165, 1.54) is 0 Å². The number of carbonyl (C=O) groups is 2. The summed E-state index contributed by atoms with van der Waals surface area (Å²) in [6, 6.07) is 8.08. The normalized spacial score (nSPS) is 16.9. The SMILES string of the molecule is Cc1cccc(C2(C(=O)NCCC(=O)O)CCCC2)c1. The molecule has 1 fully saturated rings. The van der Waals surface area contributed by atoms with Crippen molar-refractivity contribution in [2.45, 2.75) is 44.4 Å². The molecule has 2 N–H and O–H groups in total. The molecule has 0 bridgehead atoms. The highest BCUT2D eigenvalue weighted by Crippen LogP contribution is 2.41. The minimum atomic E-state index is -0.888. The van der Waals surface area contributed by atoms with E-state index >= 15 is 0 Å². The first-order valence-corrected chi connectivity index (χ1v) is 7.12. The number of amides is 1. The van der Waals surface area contributed by atoms with Crippen LogP contribution in [0.4, 0.5) is 0 Å². The van der Waals surface area contributed by atoms with Gasteiger partial charge < -0.3 is 10.4 Å². The van der Waals surface area contributed by atoms with Crippen LogP contribution in [0.1, 0.15) is 43.2 Å². The smallest absolute Gasteiger partial charge is 0.305 e. The van der Waals surface area contributed by atoms with E-state index in [-0.39, 0.29) is 18.9 Å². The Morgan fingerprint density at radius 1 is 1.30 bits per heavy atom. The molecule has 0 radical (unpaired) electrons. The topological polar surface area (TPSA) is 66.4 Å². The number of carboxylic acid groups (broad SMARTS) is 1. The van der Waals surface area contributed by atoms with Crippen LogP contribution in [-0.4, -0.2) is 23.5 Å². The molecule has 1 saturated carbocycles. The van der Waals surface area contributed by atoms with E-state index in [1.807, 2.05) is 25.1 Å². The van der Waals surface area contributed by atoms with E-state index in [4.69, 9.17) is 5.11 Å². The number of nitrogens with one attached hydrogen (secondary N) is 1. The Morgan fingerprint density at radius 2 is 2.00 bits per heavy atom. The molecule has 1 aliphatic rings. The van der Waals surface area contributed by atoms with Crippen LogP contribution in [-0.2, 0) is 15.0 Å². The Bertz CT molecular complexity index is 504. The monoisotopic (exact) mass is 275 g/mol. The van der Waals surface area contributed by atoms with Crippen molar-refractivity contribution in [3.8, 4) is 0 Å². The molecule has 1 aromatic carbocycles.